The number of carbonyl (C=O) groups is 2. The molecule has 3 amide bonds. The lowest BCUT2D eigenvalue weighted by molar-refractivity contribution is -0.115. The maximum absolute atomic E-state index is 11.9. The Morgan fingerprint density at radius 3 is 2.05 bits per heavy atom. The van der Waals surface area contributed by atoms with Gasteiger partial charge in [-0.05, 0) is 30.3 Å². The molecule has 2 aromatic rings. The summed E-state index contributed by atoms with van der Waals surface area (Å²) >= 11 is 0. The Morgan fingerprint density at radius 2 is 1.38 bits per heavy atom. The van der Waals surface area contributed by atoms with Crippen molar-refractivity contribution in [3.63, 3.8) is 0 Å². The van der Waals surface area contributed by atoms with Crippen molar-refractivity contribution in [1.82, 2.24) is 0 Å². The molecule has 2 rings (SSSR count). The SMILES string of the molecule is CCC(=O)Nc1cccc(NC(=O)Nc2ccccc2)c1. The minimum Gasteiger partial charge on any atom is -0.326 e. The smallest absolute Gasteiger partial charge is 0.323 e. The van der Waals surface area contributed by atoms with Gasteiger partial charge in [0.2, 0.25) is 5.91 Å². The molecule has 0 atom stereocenters. The normalized spacial score (nSPS) is 9.76. The van der Waals surface area contributed by atoms with Crippen molar-refractivity contribution in [2.24, 2.45) is 0 Å². The highest BCUT2D eigenvalue weighted by Crippen LogP contribution is 2.16. The summed E-state index contributed by atoms with van der Waals surface area (Å²) in [6.07, 6.45) is 0.409. The van der Waals surface area contributed by atoms with Crippen molar-refractivity contribution in [3.8, 4) is 0 Å². The summed E-state index contributed by atoms with van der Waals surface area (Å²) in [5.74, 6) is -0.0686. The second-order valence-electron chi connectivity index (χ2n) is 4.43. The van der Waals surface area contributed by atoms with Crippen LogP contribution in [0.25, 0.3) is 0 Å². The summed E-state index contributed by atoms with van der Waals surface area (Å²) < 4.78 is 0. The number of urea groups is 1. The maximum Gasteiger partial charge on any atom is 0.323 e. The lowest BCUT2D eigenvalue weighted by atomic mass is 10.2. The van der Waals surface area contributed by atoms with E-state index >= 15 is 0 Å². The Balaban J connectivity index is 1.97. The minimum absolute atomic E-state index is 0.0686. The number of nitrogens with one attached hydrogen (secondary N) is 3. The zero-order valence-corrected chi connectivity index (χ0v) is 11.7. The molecule has 108 valence electrons. The monoisotopic (exact) mass is 283 g/mol. The molecule has 3 N–H and O–H groups in total. The van der Waals surface area contributed by atoms with Gasteiger partial charge in [-0.2, -0.15) is 0 Å². The van der Waals surface area contributed by atoms with Crippen LogP contribution in [0.1, 0.15) is 13.3 Å². The molecule has 0 heterocycles. The molecule has 0 saturated carbocycles. The third kappa shape index (κ3) is 4.65. The fourth-order valence-corrected chi connectivity index (χ4v) is 1.74. The molecule has 0 aliphatic carbocycles. The topological polar surface area (TPSA) is 70.2 Å². The van der Waals surface area contributed by atoms with Gasteiger partial charge in [-0.25, -0.2) is 4.79 Å². The van der Waals surface area contributed by atoms with Gasteiger partial charge >= 0.3 is 6.03 Å². The zero-order valence-electron chi connectivity index (χ0n) is 11.7. The Kier molecular flexibility index (Phi) is 4.93. The average molecular weight is 283 g/mol. The molecule has 0 saturated heterocycles. The van der Waals surface area contributed by atoms with Gasteiger partial charge in [0.25, 0.3) is 0 Å². The Hall–Kier alpha value is -2.82. The lowest BCUT2D eigenvalue weighted by Gasteiger charge is -2.09. The van der Waals surface area contributed by atoms with Crippen molar-refractivity contribution in [2.45, 2.75) is 13.3 Å². The third-order valence-corrected chi connectivity index (χ3v) is 2.76. The highest BCUT2D eigenvalue weighted by Gasteiger charge is 2.04. The van der Waals surface area contributed by atoms with E-state index in [4.69, 9.17) is 0 Å². The van der Waals surface area contributed by atoms with Crippen LogP contribution in [0.3, 0.4) is 0 Å². The van der Waals surface area contributed by atoms with E-state index in [2.05, 4.69) is 16.0 Å². The summed E-state index contributed by atoms with van der Waals surface area (Å²) in [5.41, 5.74) is 1.97. The standard InChI is InChI=1S/C16H17N3O2/c1-2-15(20)17-13-9-6-10-14(11-13)19-16(21)18-12-7-4-3-5-8-12/h3-11H,2H2,1H3,(H,17,20)(H2,18,19,21). The number of carbonyl (C=O) groups excluding carboxylic acids is 2. The fourth-order valence-electron chi connectivity index (χ4n) is 1.74. The lowest BCUT2D eigenvalue weighted by Crippen LogP contribution is -2.19. The first-order valence-electron chi connectivity index (χ1n) is 6.70. The van der Waals surface area contributed by atoms with Gasteiger partial charge in [0, 0.05) is 23.5 Å². The van der Waals surface area contributed by atoms with Gasteiger partial charge in [-0.1, -0.05) is 31.2 Å². The van der Waals surface area contributed by atoms with Crippen molar-refractivity contribution in [1.29, 1.82) is 0 Å². The van der Waals surface area contributed by atoms with Crippen LogP contribution in [-0.4, -0.2) is 11.9 Å². The van der Waals surface area contributed by atoms with Crippen LogP contribution in [0.5, 0.6) is 0 Å². The molecule has 0 fully saturated rings. The molecule has 0 aliphatic rings. The summed E-state index contributed by atoms with van der Waals surface area (Å²) in [6, 6.07) is 15.8. The second kappa shape index (κ2) is 7.09. The molecular weight excluding hydrogens is 266 g/mol. The molecule has 0 bridgehead atoms. The number of rotatable bonds is 4. The van der Waals surface area contributed by atoms with Gasteiger partial charge in [0.1, 0.15) is 0 Å². The summed E-state index contributed by atoms with van der Waals surface area (Å²) in [5, 5.41) is 8.19. The first-order valence-corrected chi connectivity index (χ1v) is 6.70. The van der Waals surface area contributed by atoms with Crippen LogP contribution >= 0.6 is 0 Å². The first kappa shape index (κ1) is 14.6. The van der Waals surface area contributed by atoms with E-state index in [0.717, 1.165) is 0 Å². The highest BCUT2D eigenvalue weighted by molar-refractivity contribution is 6.00. The average Bonchev–Trinajstić information content (AvgIpc) is 2.48. The number of amides is 3. The van der Waals surface area contributed by atoms with E-state index in [1.54, 1.807) is 43.3 Å². The maximum atomic E-state index is 11.9. The molecule has 2 aromatic carbocycles. The largest absolute Gasteiger partial charge is 0.326 e. The number of para-hydroxylation sites is 1. The number of hydrogen-bond acceptors (Lipinski definition) is 2. The highest BCUT2D eigenvalue weighted by atomic mass is 16.2. The van der Waals surface area contributed by atoms with E-state index in [-0.39, 0.29) is 11.9 Å². The molecule has 0 spiro atoms. The second-order valence-corrected chi connectivity index (χ2v) is 4.43. The van der Waals surface area contributed by atoms with Crippen LogP contribution in [-0.2, 0) is 4.79 Å². The van der Waals surface area contributed by atoms with Gasteiger partial charge in [-0.15, -0.1) is 0 Å². The van der Waals surface area contributed by atoms with Gasteiger partial charge in [0.05, 0.1) is 0 Å². The summed E-state index contributed by atoms with van der Waals surface area (Å²) in [6.45, 7) is 1.78. The molecular formula is C16H17N3O2. The predicted molar refractivity (Wildman–Crippen MR) is 84.4 cm³/mol. The van der Waals surface area contributed by atoms with Crippen molar-refractivity contribution >= 4 is 29.0 Å². The van der Waals surface area contributed by atoms with Gasteiger partial charge in [-0.3, -0.25) is 4.79 Å². The predicted octanol–water partition coefficient (Wildman–Crippen LogP) is 3.68. The molecule has 5 nitrogen and oxygen atoms in total. The van der Waals surface area contributed by atoms with Crippen LogP contribution < -0.4 is 16.0 Å². The molecule has 0 unspecified atom stereocenters. The Bertz CT molecular complexity index is 626. The van der Waals surface area contributed by atoms with Crippen LogP contribution in [0.2, 0.25) is 0 Å². The third-order valence-electron chi connectivity index (χ3n) is 2.76. The summed E-state index contributed by atoms with van der Waals surface area (Å²) in [7, 11) is 0. The Labute approximate surface area is 123 Å². The van der Waals surface area contributed by atoms with Crippen molar-refractivity contribution < 1.29 is 9.59 Å². The number of benzene rings is 2. The molecule has 5 heteroatoms. The zero-order chi connectivity index (χ0) is 15.1. The van der Waals surface area contributed by atoms with Gasteiger partial charge < -0.3 is 16.0 Å². The molecule has 0 aliphatic heterocycles. The van der Waals surface area contributed by atoms with E-state index in [0.29, 0.717) is 23.5 Å². The number of anilines is 3. The minimum atomic E-state index is -0.333. The summed E-state index contributed by atoms with van der Waals surface area (Å²) in [4.78, 5) is 23.2. The molecule has 0 radical (unpaired) electrons. The van der Waals surface area contributed by atoms with Crippen molar-refractivity contribution in [2.75, 3.05) is 16.0 Å². The van der Waals surface area contributed by atoms with E-state index < -0.39 is 0 Å². The van der Waals surface area contributed by atoms with E-state index in [9.17, 15) is 9.59 Å². The van der Waals surface area contributed by atoms with Gasteiger partial charge in [0.15, 0.2) is 0 Å². The van der Waals surface area contributed by atoms with Crippen LogP contribution in [0.15, 0.2) is 54.6 Å². The quantitative estimate of drug-likeness (QED) is 0.801. The van der Waals surface area contributed by atoms with E-state index in [1.807, 2.05) is 18.2 Å². The van der Waals surface area contributed by atoms with Crippen LogP contribution in [0, 0.1) is 0 Å². The first-order chi connectivity index (χ1) is 10.2. The molecule has 21 heavy (non-hydrogen) atoms. The van der Waals surface area contributed by atoms with Crippen LogP contribution in [0.4, 0.5) is 21.9 Å². The number of hydrogen-bond donors (Lipinski definition) is 3. The fraction of sp³-hybridized carbons (Fsp3) is 0.125. The van der Waals surface area contributed by atoms with E-state index in [1.165, 1.54) is 0 Å². The van der Waals surface area contributed by atoms with Crippen molar-refractivity contribution in [3.05, 3.63) is 54.6 Å². The Morgan fingerprint density at radius 1 is 0.810 bits per heavy atom. The molecule has 0 aromatic heterocycles.